The van der Waals surface area contributed by atoms with E-state index in [0.29, 0.717) is 0 Å². The number of hydrogen-bond acceptors (Lipinski definition) is 3. The van der Waals surface area contributed by atoms with Crippen LogP contribution >= 0.6 is 0 Å². The Morgan fingerprint density at radius 1 is 1.41 bits per heavy atom. The van der Waals surface area contributed by atoms with E-state index in [1.54, 1.807) is 6.20 Å². The summed E-state index contributed by atoms with van der Waals surface area (Å²) in [5.41, 5.74) is 1.20. The SMILES string of the molecule is CCn1ccnc1CC(NC)c1cccnc1. The fourth-order valence-corrected chi connectivity index (χ4v) is 1.97. The summed E-state index contributed by atoms with van der Waals surface area (Å²) in [7, 11) is 1.97. The average Bonchev–Trinajstić information content (AvgIpc) is 2.84. The third-order valence-corrected chi connectivity index (χ3v) is 2.96. The van der Waals surface area contributed by atoms with Crippen LogP contribution in [0, 0.1) is 0 Å². The summed E-state index contributed by atoms with van der Waals surface area (Å²) in [6, 6.07) is 4.32. The van der Waals surface area contributed by atoms with E-state index in [2.05, 4.69) is 32.8 Å². The Morgan fingerprint density at radius 2 is 2.29 bits per heavy atom. The lowest BCUT2D eigenvalue weighted by Crippen LogP contribution is -2.20. The fourth-order valence-electron chi connectivity index (χ4n) is 1.97. The summed E-state index contributed by atoms with van der Waals surface area (Å²) in [4.78, 5) is 8.56. The summed E-state index contributed by atoms with van der Waals surface area (Å²) < 4.78 is 2.17. The van der Waals surface area contributed by atoms with Gasteiger partial charge in [-0.15, -0.1) is 0 Å². The Hall–Kier alpha value is -1.68. The van der Waals surface area contributed by atoms with Crippen molar-refractivity contribution in [1.82, 2.24) is 19.9 Å². The van der Waals surface area contributed by atoms with Gasteiger partial charge in [-0.2, -0.15) is 0 Å². The van der Waals surface area contributed by atoms with Crippen LogP contribution in [0.1, 0.15) is 24.4 Å². The second-order valence-electron chi connectivity index (χ2n) is 3.96. The molecule has 0 saturated carbocycles. The molecular formula is C13H18N4. The van der Waals surface area contributed by atoms with Gasteiger partial charge in [0.1, 0.15) is 5.82 Å². The minimum Gasteiger partial charge on any atom is -0.335 e. The van der Waals surface area contributed by atoms with Gasteiger partial charge in [-0.3, -0.25) is 4.98 Å². The standard InChI is InChI=1S/C13H18N4/c1-3-17-8-7-16-13(17)9-12(14-2)11-5-4-6-15-10-11/h4-8,10,12,14H,3,9H2,1-2H3. The van der Waals surface area contributed by atoms with Crippen LogP contribution in [-0.2, 0) is 13.0 Å². The minimum absolute atomic E-state index is 0.261. The van der Waals surface area contributed by atoms with Crippen LogP contribution < -0.4 is 5.32 Å². The Labute approximate surface area is 102 Å². The molecule has 90 valence electrons. The van der Waals surface area contributed by atoms with Gasteiger partial charge in [0.25, 0.3) is 0 Å². The van der Waals surface area contributed by atoms with E-state index in [9.17, 15) is 0 Å². The number of hydrogen-bond donors (Lipinski definition) is 1. The molecule has 17 heavy (non-hydrogen) atoms. The summed E-state index contributed by atoms with van der Waals surface area (Å²) in [6.45, 7) is 3.09. The third kappa shape index (κ3) is 2.71. The summed E-state index contributed by atoms with van der Waals surface area (Å²) in [5, 5.41) is 3.31. The Bertz CT molecular complexity index is 449. The van der Waals surface area contributed by atoms with Gasteiger partial charge >= 0.3 is 0 Å². The number of nitrogens with zero attached hydrogens (tertiary/aromatic N) is 3. The Morgan fingerprint density at radius 3 is 2.94 bits per heavy atom. The highest BCUT2D eigenvalue weighted by atomic mass is 15.1. The van der Waals surface area contributed by atoms with E-state index in [1.807, 2.05) is 31.7 Å². The number of aryl methyl sites for hydroxylation is 1. The molecule has 2 rings (SSSR count). The number of rotatable bonds is 5. The van der Waals surface area contributed by atoms with Crippen LogP contribution in [0.2, 0.25) is 0 Å². The molecule has 4 heteroatoms. The quantitative estimate of drug-likeness (QED) is 0.851. The number of nitrogens with one attached hydrogen (secondary N) is 1. The van der Waals surface area contributed by atoms with Crippen molar-refractivity contribution in [2.24, 2.45) is 0 Å². The summed E-state index contributed by atoms with van der Waals surface area (Å²) in [6.07, 6.45) is 8.45. The van der Waals surface area contributed by atoms with Crippen LogP contribution in [0.4, 0.5) is 0 Å². The molecule has 2 heterocycles. The minimum atomic E-state index is 0.261. The van der Waals surface area contributed by atoms with E-state index in [4.69, 9.17) is 0 Å². The second-order valence-corrected chi connectivity index (χ2v) is 3.96. The van der Waals surface area contributed by atoms with Gasteiger partial charge in [0, 0.05) is 43.8 Å². The van der Waals surface area contributed by atoms with Crippen molar-refractivity contribution in [1.29, 1.82) is 0 Å². The second kappa shape index (κ2) is 5.59. The molecule has 0 amide bonds. The number of imidazole rings is 1. The zero-order chi connectivity index (χ0) is 12.1. The lowest BCUT2D eigenvalue weighted by Gasteiger charge is -2.16. The van der Waals surface area contributed by atoms with Crippen LogP contribution in [0.5, 0.6) is 0 Å². The zero-order valence-corrected chi connectivity index (χ0v) is 10.3. The van der Waals surface area contributed by atoms with E-state index in [-0.39, 0.29) is 6.04 Å². The third-order valence-electron chi connectivity index (χ3n) is 2.96. The monoisotopic (exact) mass is 230 g/mol. The Balaban J connectivity index is 2.16. The normalized spacial score (nSPS) is 12.6. The molecule has 0 aliphatic rings. The van der Waals surface area contributed by atoms with Gasteiger partial charge in [-0.1, -0.05) is 6.07 Å². The van der Waals surface area contributed by atoms with Gasteiger partial charge in [0.05, 0.1) is 0 Å². The molecule has 2 aromatic heterocycles. The molecule has 0 spiro atoms. The smallest absolute Gasteiger partial charge is 0.110 e. The largest absolute Gasteiger partial charge is 0.335 e. The van der Waals surface area contributed by atoms with Gasteiger partial charge in [-0.05, 0) is 25.6 Å². The lowest BCUT2D eigenvalue weighted by molar-refractivity contribution is 0.551. The van der Waals surface area contributed by atoms with Gasteiger partial charge in [-0.25, -0.2) is 4.98 Å². The topological polar surface area (TPSA) is 42.7 Å². The van der Waals surface area contributed by atoms with Crippen molar-refractivity contribution in [2.75, 3.05) is 7.05 Å². The summed E-state index contributed by atoms with van der Waals surface area (Å²) in [5.74, 6) is 1.11. The predicted octanol–water partition coefficient (Wildman–Crippen LogP) is 1.80. The highest BCUT2D eigenvalue weighted by Crippen LogP contribution is 2.16. The molecule has 0 aromatic carbocycles. The number of aromatic nitrogens is 3. The zero-order valence-electron chi connectivity index (χ0n) is 10.3. The molecule has 0 bridgehead atoms. The van der Waals surface area contributed by atoms with Gasteiger partial charge < -0.3 is 9.88 Å². The summed E-state index contributed by atoms with van der Waals surface area (Å²) >= 11 is 0. The molecule has 0 fully saturated rings. The van der Waals surface area contributed by atoms with Gasteiger partial charge in [0.15, 0.2) is 0 Å². The maximum absolute atomic E-state index is 4.40. The predicted molar refractivity (Wildman–Crippen MR) is 67.6 cm³/mol. The highest BCUT2D eigenvalue weighted by molar-refractivity contribution is 5.15. The number of pyridine rings is 1. The molecule has 1 N–H and O–H groups in total. The van der Waals surface area contributed by atoms with Gasteiger partial charge in [0.2, 0.25) is 0 Å². The van der Waals surface area contributed by atoms with E-state index in [1.165, 1.54) is 5.56 Å². The molecule has 0 aliphatic carbocycles. The highest BCUT2D eigenvalue weighted by Gasteiger charge is 2.12. The first-order chi connectivity index (χ1) is 8.35. The molecule has 0 saturated heterocycles. The molecule has 0 radical (unpaired) electrons. The van der Waals surface area contributed by atoms with Crippen molar-refractivity contribution in [3.63, 3.8) is 0 Å². The lowest BCUT2D eigenvalue weighted by atomic mass is 10.1. The molecule has 4 nitrogen and oxygen atoms in total. The van der Waals surface area contributed by atoms with Crippen LogP contribution in [0.25, 0.3) is 0 Å². The van der Waals surface area contributed by atoms with Crippen LogP contribution in [0.15, 0.2) is 36.9 Å². The van der Waals surface area contributed by atoms with Crippen molar-refractivity contribution in [2.45, 2.75) is 25.9 Å². The maximum atomic E-state index is 4.40. The first-order valence-corrected chi connectivity index (χ1v) is 5.92. The first kappa shape index (κ1) is 11.8. The molecule has 0 aliphatic heterocycles. The number of likely N-dealkylation sites (N-methyl/N-ethyl adjacent to an activating group) is 1. The molecular weight excluding hydrogens is 212 g/mol. The van der Waals surface area contributed by atoms with E-state index < -0.39 is 0 Å². The maximum Gasteiger partial charge on any atom is 0.110 e. The fraction of sp³-hybridized carbons (Fsp3) is 0.385. The van der Waals surface area contributed by atoms with Crippen LogP contribution in [0.3, 0.4) is 0 Å². The van der Waals surface area contributed by atoms with Crippen molar-refractivity contribution < 1.29 is 0 Å². The van der Waals surface area contributed by atoms with Crippen LogP contribution in [-0.4, -0.2) is 21.6 Å². The van der Waals surface area contributed by atoms with Crippen molar-refractivity contribution in [3.05, 3.63) is 48.3 Å². The molecule has 1 atom stereocenters. The van der Waals surface area contributed by atoms with Crippen molar-refractivity contribution >= 4 is 0 Å². The van der Waals surface area contributed by atoms with E-state index in [0.717, 1.165) is 18.8 Å². The van der Waals surface area contributed by atoms with E-state index >= 15 is 0 Å². The first-order valence-electron chi connectivity index (χ1n) is 5.92. The van der Waals surface area contributed by atoms with Crippen molar-refractivity contribution in [3.8, 4) is 0 Å². The molecule has 1 unspecified atom stereocenters. The molecule has 2 aromatic rings. The average molecular weight is 230 g/mol. The Kier molecular flexibility index (Phi) is 3.88.